The molecule has 6 heteroatoms. The zero-order valence-corrected chi connectivity index (χ0v) is 13.8. The topological polar surface area (TPSA) is 68.5 Å². The van der Waals surface area contributed by atoms with Crippen molar-refractivity contribution >= 4 is 23.2 Å². The molecule has 0 saturated carbocycles. The number of carbonyl (C=O) groups excluding carboxylic acids is 2. The van der Waals surface area contributed by atoms with E-state index in [1.54, 1.807) is 41.9 Å². The van der Waals surface area contributed by atoms with Gasteiger partial charge in [0.1, 0.15) is 5.76 Å². The predicted molar refractivity (Wildman–Crippen MR) is 91.0 cm³/mol. The molecule has 0 aliphatic rings. The maximum absolute atomic E-state index is 12.2. The molecule has 0 unspecified atom stereocenters. The van der Waals surface area contributed by atoms with Gasteiger partial charge in [-0.1, -0.05) is 0 Å². The van der Waals surface area contributed by atoms with Crippen LogP contribution in [0.15, 0.2) is 58.5 Å². The van der Waals surface area contributed by atoms with Gasteiger partial charge in [-0.15, -0.1) is 11.3 Å². The summed E-state index contributed by atoms with van der Waals surface area (Å²) in [5.41, 5.74) is 1.90. The number of furan rings is 1. The second kappa shape index (κ2) is 7.14. The summed E-state index contributed by atoms with van der Waals surface area (Å²) in [6.45, 7) is 0.433. The van der Waals surface area contributed by atoms with Gasteiger partial charge in [0, 0.05) is 21.4 Å². The third kappa shape index (κ3) is 3.55. The van der Waals surface area contributed by atoms with Gasteiger partial charge in [-0.25, -0.2) is 4.79 Å². The molecule has 24 heavy (non-hydrogen) atoms. The van der Waals surface area contributed by atoms with E-state index in [-0.39, 0.29) is 5.91 Å². The number of esters is 1. The van der Waals surface area contributed by atoms with Crippen LogP contribution in [0, 0.1) is 0 Å². The zero-order valence-electron chi connectivity index (χ0n) is 12.9. The van der Waals surface area contributed by atoms with Crippen LogP contribution in [0.5, 0.6) is 0 Å². The Labute approximate surface area is 142 Å². The third-order valence-corrected chi connectivity index (χ3v) is 4.39. The summed E-state index contributed by atoms with van der Waals surface area (Å²) in [5, 5.41) is 4.85. The lowest BCUT2D eigenvalue weighted by atomic mass is 10.1. The van der Waals surface area contributed by atoms with Crippen molar-refractivity contribution in [3.05, 3.63) is 70.1 Å². The van der Waals surface area contributed by atoms with Crippen molar-refractivity contribution in [3.63, 3.8) is 0 Å². The summed E-state index contributed by atoms with van der Waals surface area (Å²) < 4.78 is 9.98. The van der Waals surface area contributed by atoms with E-state index in [0.717, 1.165) is 16.2 Å². The molecular weight excluding hydrogens is 326 g/mol. The number of benzene rings is 1. The first-order chi connectivity index (χ1) is 11.7. The van der Waals surface area contributed by atoms with Crippen LogP contribution < -0.4 is 5.32 Å². The van der Waals surface area contributed by atoms with Crippen LogP contribution in [0.1, 0.15) is 25.6 Å². The van der Waals surface area contributed by atoms with Crippen LogP contribution in [0.3, 0.4) is 0 Å². The molecule has 0 radical (unpaired) electrons. The number of hydrogen-bond acceptors (Lipinski definition) is 5. The fourth-order valence-electron chi connectivity index (χ4n) is 2.19. The SMILES string of the molecule is COC(=O)c1ccc(C(=O)NCc2cc(-c3ccco3)cs2)cc1. The molecule has 2 heterocycles. The number of methoxy groups -OCH3 is 1. The average molecular weight is 341 g/mol. The zero-order chi connectivity index (χ0) is 16.9. The number of amides is 1. The van der Waals surface area contributed by atoms with Gasteiger partial charge in [-0.2, -0.15) is 0 Å². The summed E-state index contributed by atoms with van der Waals surface area (Å²) >= 11 is 1.56. The minimum absolute atomic E-state index is 0.195. The quantitative estimate of drug-likeness (QED) is 0.718. The van der Waals surface area contributed by atoms with E-state index in [9.17, 15) is 9.59 Å². The summed E-state index contributed by atoms with van der Waals surface area (Å²) in [6, 6.07) is 12.1. The highest BCUT2D eigenvalue weighted by Gasteiger charge is 2.10. The first-order valence-corrected chi connectivity index (χ1v) is 8.13. The molecule has 1 amide bonds. The molecule has 0 saturated heterocycles. The number of hydrogen-bond donors (Lipinski definition) is 1. The molecule has 0 atom stereocenters. The van der Waals surface area contributed by atoms with Gasteiger partial charge < -0.3 is 14.5 Å². The highest BCUT2D eigenvalue weighted by atomic mass is 32.1. The van der Waals surface area contributed by atoms with E-state index in [4.69, 9.17) is 4.42 Å². The first kappa shape index (κ1) is 16.0. The fourth-order valence-corrected chi connectivity index (χ4v) is 3.00. The van der Waals surface area contributed by atoms with E-state index in [0.29, 0.717) is 17.7 Å². The molecule has 2 aromatic heterocycles. The number of ether oxygens (including phenoxy) is 1. The molecule has 1 aromatic carbocycles. The Morgan fingerprint density at radius 2 is 1.92 bits per heavy atom. The van der Waals surface area contributed by atoms with Crippen LogP contribution >= 0.6 is 11.3 Å². The van der Waals surface area contributed by atoms with Crippen LogP contribution in [0.4, 0.5) is 0 Å². The van der Waals surface area contributed by atoms with Gasteiger partial charge in [-0.05, 0) is 42.5 Å². The van der Waals surface area contributed by atoms with Crippen LogP contribution in [-0.2, 0) is 11.3 Å². The number of thiophene rings is 1. The Balaban J connectivity index is 1.60. The lowest BCUT2D eigenvalue weighted by molar-refractivity contribution is 0.0600. The third-order valence-electron chi connectivity index (χ3n) is 3.45. The van der Waals surface area contributed by atoms with Crippen molar-refractivity contribution in [3.8, 4) is 11.3 Å². The molecule has 1 N–H and O–H groups in total. The lowest BCUT2D eigenvalue weighted by Crippen LogP contribution is -2.22. The number of carbonyl (C=O) groups is 2. The Morgan fingerprint density at radius 3 is 2.58 bits per heavy atom. The first-order valence-electron chi connectivity index (χ1n) is 7.25. The summed E-state index contributed by atoms with van der Waals surface area (Å²) in [4.78, 5) is 24.6. The number of rotatable bonds is 5. The second-order valence-corrected chi connectivity index (χ2v) is 6.03. The van der Waals surface area contributed by atoms with Gasteiger partial charge in [0.05, 0.1) is 25.5 Å². The summed E-state index contributed by atoms with van der Waals surface area (Å²) in [6.07, 6.45) is 1.63. The summed E-state index contributed by atoms with van der Waals surface area (Å²) in [7, 11) is 1.32. The Hall–Kier alpha value is -2.86. The van der Waals surface area contributed by atoms with Gasteiger partial charge in [0.15, 0.2) is 0 Å². The van der Waals surface area contributed by atoms with Crippen molar-refractivity contribution in [2.75, 3.05) is 7.11 Å². The smallest absolute Gasteiger partial charge is 0.337 e. The van der Waals surface area contributed by atoms with E-state index in [1.165, 1.54) is 7.11 Å². The maximum Gasteiger partial charge on any atom is 0.337 e. The van der Waals surface area contributed by atoms with Crippen LogP contribution in [-0.4, -0.2) is 19.0 Å². The minimum atomic E-state index is -0.425. The van der Waals surface area contributed by atoms with Crippen LogP contribution in [0.25, 0.3) is 11.3 Å². The standard InChI is InChI=1S/C18H15NO4S/c1-22-18(21)13-6-4-12(5-7-13)17(20)19-10-15-9-14(11-24-15)16-3-2-8-23-16/h2-9,11H,10H2,1H3,(H,19,20). The highest BCUT2D eigenvalue weighted by Crippen LogP contribution is 2.25. The molecule has 0 aliphatic carbocycles. The maximum atomic E-state index is 12.2. The normalized spacial score (nSPS) is 10.4. The molecule has 5 nitrogen and oxygen atoms in total. The van der Waals surface area contributed by atoms with Gasteiger partial charge in [0.2, 0.25) is 0 Å². The van der Waals surface area contributed by atoms with Crippen molar-refractivity contribution in [2.24, 2.45) is 0 Å². The minimum Gasteiger partial charge on any atom is -0.465 e. The molecule has 3 aromatic rings. The van der Waals surface area contributed by atoms with E-state index >= 15 is 0 Å². The number of nitrogens with one attached hydrogen (secondary N) is 1. The van der Waals surface area contributed by atoms with Crippen molar-refractivity contribution in [1.82, 2.24) is 5.32 Å². The monoisotopic (exact) mass is 341 g/mol. The fraction of sp³-hybridized carbons (Fsp3) is 0.111. The van der Waals surface area contributed by atoms with E-state index in [1.807, 2.05) is 23.6 Å². The average Bonchev–Trinajstić information content (AvgIpc) is 3.30. The Morgan fingerprint density at radius 1 is 1.17 bits per heavy atom. The largest absolute Gasteiger partial charge is 0.465 e. The highest BCUT2D eigenvalue weighted by molar-refractivity contribution is 7.10. The van der Waals surface area contributed by atoms with Crippen molar-refractivity contribution in [2.45, 2.75) is 6.54 Å². The van der Waals surface area contributed by atoms with E-state index < -0.39 is 5.97 Å². The Kier molecular flexibility index (Phi) is 4.77. The lowest BCUT2D eigenvalue weighted by Gasteiger charge is -2.04. The summed E-state index contributed by atoms with van der Waals surface area (Å²) in [5.74, 6) is 0.188. The second-order valence-electron chi connectivity index (χ2n) is 5.03. The molecule has 0 spiro atoms. The predicted octanol–water partition coefficient (Wildman–Crippen LogP) is 3.72. The molecule has 3 rings (SSSR count). The van der Waals surface area contributed by atoms with Gasteiger partial charge >= 0.3 is 5.97 Å². The Bertz CT molecular complexity index is 834. The molecule has 122 valence electrons. The molecular formula is C18H15NO4S. The van der Waals surface area contributed by atoms with Crippen molar-refractivity contribution < 1.29 is 18.7 Å². The van der Waals surface area contributed by atoms with Crippen molar-refractivity contribution in [1.29, 1.82) is 0 Å². The van der Waals surface area contributed by atoms with Crippen LogP contribution in [0.2, 0.25) is 0 Å². The molecule has 0 fully saturated rings. The van der Waals surface area contributed by atoms with Gasteiger partial charge in [-0.3, -0.25) is 4.79 Å². The van der Waals surface area contributed by atoms with E-state index in [2.05, 4.69) is 10.1 Å². The molecule has 0 bridgehead atoms. The van der Waals surface area contributed by atoms with Gasteiger partial charge in [0.25, 0.3) is 5.91 Å². The molecule has 0 aliphatic heterocycles.